The number of hydrogen-bond acceptors (Lipinski definition) is 4. The van der Waals surface area contributed by atoms with Crippen molar-refractivity contribution in [2.75, 3.05) is 13.2 Å². The van der Waals surface area contributed by atoms with E-state index in [1.54, 1.807) is 0 Å². The number of halogens is 1. The zero-order chi connectivity index (χ0) is 24.2. The zero-order valence-corrected chi connectivity index (χ0v) is 19.9. The van der Waals surface area contributed by atoms with Crippen molar-refractivity contribution in [3.05, 3.63) is 53.3 Å². The summed E-state index contributed by atoms with van der Waals surface area (Å²) in [6, 6.07) is 8.81. The summed E-state index contributed by atoms with van der Waals surface area (Å²) in [5, 5.41) is 9.57. The molecule has 0 aliphatic carbocycles. The molecule has 0 saturated heterocycles. The number of carboxylic acids is 1. The average Bonchev–Trinajstić information content (AvgIpc) is 2.82. The van der Waals surface area contributed by atoms with E-state index in [1.165, 1.54) is 55.7 Å². The van der Waals surface area contributed by atoms with Gasteiger partial charge in [0.25, 0.3) is 0 Å². The normalized spacial score (nSPS) is 11.8. The van der Waals surface area contributed by atoms with Crippen LogP contribution in [0.25, 0.3) is 11.1 Å². The number of esters is 1. The minimum atomic E-state index is -1.23. The molecule has 0 spiro atoms. The van der Waals surface area contributed by atoms with Gasteiger partial charge in [-0.2, -0.15) is 0 Å². The molecule has 0 saturated carbocycles. The van der Waals surface area contributed by atoms with E-state index < -0.39 is 17.8 Å². The fourth-order valence-electron chi connectivity index (χ4n) is 3.39. The standard InChI is InChI=1S/C27H35FO5/c1-4-6-7-8-9-10-17-32-23-16-15-22(26(29)30)24(25(23)28)20-11-13-21(14-12-20)27(31)33-18-19(3)5-2/h11-16,19H,4-10,17-18H2,1-3H3,(H,29,30). The lowest BCUT2D eigenvalue weighted by atomic mass is 9.97. The SMILES string of the molecule is CCCCCCCCOc1ccc(C(=O)O)c(-c2ccc(C(=O)OCC(C)CC)cc2)c1F. The van der Waals surface area contributed by atoms with Gasteiger partial charge in [0.2, 0.25) is 0 Å². The summed E-state index contributed by atoms with van der Waals surface area (Å²) in [6.07, 6.45) is 7.42. The summed E-state index contributed by atoms with van der Waals surface area (Å²) >= 11 is 0. The van der Waals surface area contributed by atoms with Crippen LogP contribution >= 0.6 is 0 Å². The quantitative estimate of drug-likeness (QED) is 0.241. The number of carbonyl (C=O) groups excluding carboxylic acids is 1. The van der Waals surface area contributed by atoms with Crippen molar-refractivity contribution < 1.29 is 28.6 Å². The number of aromatic carboxylic acids is 1. The van der Waals surface area contributed by atoms with Crippen molar-refractivity contribution in [1.29, 1.82) is 0 Å². The first-order chi connectivity index (χ1) is 15.9. The number of carbonyl (C=O) groups is 2. The van der Waals surface area contributed by atoms with Gasteiger partial charge in [-0.25, -0.2) is 14.0 Å². The fraction of sp³-hybridized carbons (Fsp3) is 0.481. The van der Waals surface area contributed by atoms with E-state index in [1.807, 2.05) is 13.8 Å². The van der Waals surface area contributed by atoms with Gasteiger partial charge >= 0.3 is 11.9 Å². The van der Waals surface area contributed by atoms with Crippen LogP contribution in [0.15, 0.2) is 36.4 Å². The molecule has 33 heavy (non-hydrogen) atoms. The third-order valence-corrected chi connectivity index (χ3v) is 5.70. The van der Waals surface area contributed by atoms with Crippen LogP contribution in [-0.2, 0) is 4.74 Å². The van der Waals surface area contributed by atoms with Crippen molar-refractivity contribution in [2.45, 2.75) is 65.7 Å². The molecule has 5 nitrogen and oxygen atoms in total. The maximum Gasteiger partial charge on any atom is 0.338 e. The summed E-state index contributed by atoms with van der Waals surface area (Å²) in [5.41, 5.74) is 0.470. The lowest BCUT2D eigenvalue weighted by molar-refractivity contribution is 0.0446. The predicted octanol–water partition coefficient (Wildman–Crippen LogP) is 7.13. The highest BCUT2D eigenvalue weighted by molar-refractivity contribution is 5.97. The van der Waals surface area contributed by atoms with Gasteiger partial charge in [-0.1, -0.05) is 71.4 Å². The van der Waals surface area contributed by atoms with Gasteiger partial charge in [0.1, 0.15) is 0 Å². The van der Waals surface area contributed by atoms with Crippen LogP contribution in [0.4, 0.5) is 4.39 Å². The molecule has 0 aromatic heterocycles. The van der Waals surface area contributed by atoms with Gasteiger partial charge in [-0.3, -0.25) is 0 Å². The van der Waals surface area contributed by atoms with Crippen LogP contribution in [0.5, 0.6) is 5.75 Å². The molecule has 2 aromatic rings. The number of unbranched alkanes of at least 4 members (excludes halogenated alkanes) is 5. The topological polar surface area (TPSA) is 72.8 Å². The molecular weight excluding hydrogens is 423 g/mol. The Kier molecular flexibility index (Phi) is 10.9. The molecule has 6 heteroatoms. The second-order valence-electron chi connectivity index (χ2n) is 8.41. The zero-order valence-electron chi connectivity index (χ0n) is 19.9. The average molecular weight is 459 g/mol. The van der Waals surface area contributed by atoms with E-state index in [0.29, 0.717) is 24.3 Å². The smallest absolute Gasteiger partial charge is 0.338 e. The fourth-order valence-corrected chi connectivity index (χ4v) is 3.39. The maximum atomic E-state index is 15.3. The van der Waals surface area contributed by atoms with Crippen LogP contribution in [0, 0.1) is 11.7 Å². The molecule has 180 valence electrons. The van der Waals surface area contributed by atoms with E-state index in [4.69, 9.17) is 9.47 Å². The third kappa shape index (κ3) is 7.88. The summed E-state index contributed by atoms with van der Waals surface area (Å²) in [4.78, 5) is 23.9. The molecule has 0 fully saturated rings. The Morgan fingerprint density at radius 2 is 1.64 bits per heavy atom. The Balaban J connectivity index is 2.14. The first-order valence-corrected chi connectivity index (χ1v) is 11.8. The molecule has 2 rings (SSSR count). The second kappa shape index (κ2) is 13.6. The Labute approximate surface area is 195 Å². The Morgan fingerprint density at radius 1 is 0.970 bits per heavy atom. The highest BCUT2D eigenvalue weighted by Gasteiger charge is 2.21. The molecule has 1 atom stereocenters. The number of ether oxygens (including phenoxy) is 2. The predicted molar refractivity (Wildman–Crippen MR) is 127 cm³/mol. The van der Waals surface area contributed by atoms with Gasteiger partial charge in [0.05, 0.1) is 24.3 Å². The summed E-state index contributed by atoms with van der Waals surface area (Å²) in [6.45, 7) is 6.88. The van der Waals surface area contributed by atoms with Crippen LogP contribution in [0.1, 0.15) is 86.4 Å². The molecule has 2 aromatic carbocycles. The van der Waals surface area contributed by atoms with Crippen LogP contribution in [0.3, 0.4) is 0 Å². The van der Waals surface area contributed by atoms with Gasteiger partial charge in [-0.15, -0.1) is 0 Å². The summed E-state index contributed by atoms with van der Waals surface area (Å²) < 4.78 is 26.2. The van der Waals surface area contributed by atoms with E-state index in [0.717, 1.165) is 25.7 Å². The molecule has 1 N–H and O–H groups in total. The molecule has 0 aliphatic rings. The van der Waals surface area contributed by atoms with E-state index in [2.05, 4.69) is 6.92 Å². The van der Waals surface area contributed by atoms with Gasteiger partial charge in [0, 0.05) is 5.56 Å². The molecule has 0 radical (unpaired) electrons. The van der Waals surface area contributed by atoms with Gasteiger partial charge in [-0.05, 0) is 42.2 Å². The number of carboxylic acid groups (broad SMARTS) is 1. The van der Waals surface area contributed by atoms with Crippen molar-refractivity contribution in [2.24, 2.45) is 5.92 Å². The number of hydrogen-bond donors (Lipinski definition) is 1. The molecule has 0 bridgehead atoms. The molecule has 0 aliphatic heterocycles. The van der Waals surface area contributed by atoms with E-state index in [9.17, 15) is 14.7 Å². The lowest BCUT2D eigenvalue weighted by Gasteiger charge is -2.14. The molecular formula is C27H35FO5. The first kappa shape index (κ1) is 26.4. The number of benzene rings is 2. The Morgan fingerprint density at radius 3 is 2.27 bits per heavy atom. The first-order valence-electron chi connectivity index (χ1n) is 11.8. The van der Waals surface area contributed by atoms with Crippen molar-refractivity contribution in [3.8, 4) is 16.9 Å². The van der Waals surface area contributed by atoms with Crippen LogP contribution in [0.2, 0.25) is 0 Å². The van der Waals surface area contributed by atoms with Gasteiger partial charge < -0.3 is 14.6 Å². The highest BCUT2D eigenvalue weighted by Crippen LogP contribution is 2.33. The molecule has 0 heterocycles. The maximum absolute atomic E-state index is 15.3. The van der Waals surface area contributed by atoms with Crippen LogP contribution < -0.4 is 4.74 Å². The van der Waals surface area contributed by atoms with Crippen molar-refractivity contribution >= 4 is 11.9 Å². The largest absolute Gasteiger partial charge is 0.490 e. The van der Waals surface area contributed by atoms with E-state index in [-0.39, 0.29) is 22.8 Å². The Hall–Kier alpha value is -2.89. The van der Waals surface area contributed by atoms with Gasteiger partial charge in [0.15, 0.2) is 11.6 Å². The summed E-state index contributed by atoms with van der Waals surface area (Å²) in [7, 11) is 0. The van der Waals surface area contributed by atoms with Crippen molar-refractivity contribution in [3.63, 3.8) is 0 Å². The summed E-state index contributed by atoms with van der Waals surface area (Å²) in [5.74, 6) is -2.12. The lowest BCUT2D eigenvalue weighted by Crippen LogP contribution is -2.11. The molecule has 0 amide bonds. The minimum Gasteiger partial charge on any atom is -0.490 e. The monoisotopic (exact) mass is 458 g/mol. The Bertz CT molecular complexity index is 907. The molecule has 1 unspecified atom stereocenters. The van der Waals surface area contributed by atoms with E-state index >= 15 is 4.39 Å². The third-order valence-electron chi connectivity index (χ3n) is 5.70. The highest BCUT2D eigenvalue weighted by atomic mass is 19.1. The van der Waals surface area contributed by atoms with Crippen molar-refractivity contribution in [1.82, 2.24) is 0 Å². The van der Waals surface area contributed by atoms with Crippen LogP contribution in [-0.4, -0.2) is 30.3 Å². The minimum absolute atomic E-state index is 0.0283. The number of rotatable bonds is 14. The second-order valence-corrected chi connectivity index (χ2v) is 8.41.